The van der Waals surface area contributed by atoms with Gasteiger partial charge < -0.3 is 14.8 Å². The van der Waals surface area contributed by atoms with E-state index in [2.05, 4.69) is 12.2 Å². The lowest BCUT2D eigenvalue weighted by atomic mass is 10.1. The molecule has 4 heteroatoms. The average Bonchev–Trinajstić information content (AvgIpc) is 2.90. The van der Waals surface area contributed by atoms with Gasteiger partial charge in [-0.3, -0.25) is 0 Å². The average molecular weight is 253 g/mol. The van der Waals surface area contributed by atoms with Crippen LogP contribution in [-0.2, 0) is 11.3 Å². The number of nitrogens with one attached hydrogen (secondary N) is 1. The zero-order chi connectivity index (χ0) is 13.0. The molecule has 1 heterocycles. The Balaban J connectivity index is 1.87. The third-order valence-electron chi connectivity index (χ3n) is 3.37. The molecular formula is C14H20FNO2. The minimum absolute atomic E-state index is 0.283. The molecule has 2 rings (SSSR count). The van der Waals surface area contributed by atoms with Gasteiger partial charge in [0.2, 0.25) is 0 Å². The topological polar surface area (TPSA) is 30.5 Å². The highest BCUT2D eigenvalue weighted by atomic mass is 19.1. The van der Waals surface area contributed by atoms with Gasteiger partial charge in [-0.2, -0.15) is 0 Å². The number of hydrogen-bond acceptors (Lipinski definition) is 3. The van der Waals surface area contributed by atoms with Crippen molar-refractivity contribution in [3.63, 3.8) is 0 Å². The summed E-state index contributed by atoms with van der Waals surface area (Å²) in [7, 11) is 1.47. The Labute approximate surface area is 107 Å². The molecule has 0 saturated carbocycles. The summed E-state index contributed by atoms with van der Waals surface area (Å²) in [4.78, 5) is 0. The maximum atomic E-state index is 13.5. The highest BCUT2D eigenvalue weighted by Gasteiger charge is 2.21. The van der Waals surface area contributed by atoms with E-state index < -0.39 is 0 Å². The summed E-state index contributed by atoms with van der Waals surface area (Å²) in [5, 5.41) is 3.37. The molecule has 0 spiro atoms. The Morgan fingerprint density at radius 2 is 2.39 bits per heavy atom. The smallest absolute Gasteiger partial charge is 0.165 e. The Bertz CT molecular complexity index is 391. The summed E-state index contributed by atoms with van der Waals surface area (Å²) in [6.45, 7) is 3.60. The number of rotatable bonds is 5. The monoisotopic (exact) mass is 253 g/mol. The molecule has 1 fully saturated rings. The molecule has 0 aliphatic carbocycles. The summed E-state index contributed by atoms with van der Waals surface area (Å²) in [5.74, 6) is -0.0347. The molecule has 0 amide bonds. The number of ether oxygens (including phenoxy) is 2. The van der Waals surface area contributed by atoms with Crippen molar-refractivity contribution in [3.8, 4) is 5.75 Å². The molecule has 1 saturated heterocycles. The van der Waals surface area contributed by atoms with Crippen molar-refractivity contribution in [1.82, 2.24) is 5.32 Å². The minimum Gasteiger partial charge on any atom is -0.494 e. The van der Waals surface area contributed by atoms with Gasteiger partial charge in [-0.25, -0.2) is 4.39 Å². The number of benzene rings is 1. The second kappa shape index (κ2) is 6.16. The summed E-state index contributed by atoms with van der Waals surface area (Å²) >= 11 is 0. The van der Waals surface area contributed by atoms with Crippen LogP contribution in [0.2, 0.25) is 0 Å². The fourth-order valence-corrected chi connectivity index (χ4v) is 2.23. The number of halogens is 1. The van der Waals surface area contributed by atoms with Crippen LogP contribution in [0, 0.1) is 5.82 Å². The van der Waals surface area contributed by atoms with E-state index in [9.17, 15) is 4.39 Å². The fourth-order valence-electron chi connectivity index (χ4n) is 2.23. The summed E-state index contributed by atoms with van der Waals surface area (Å²) in [5.41, 5.74) is 0.915. The molecule has 18 heavy (non-hydrogen) atoms. The van der Waals surface area contributed by atoms with Gasteiger partial charge in [0.05, 0.1) is 13.2 Å². The molecule has 2 atom stereocenters. The van der Waals surface area contributed by atoms with Gasteiger partial charge in [0.25, 0.3) is 0 Å². The molecule has 1 aliphatic heterocycles. The SMILES string of the molecule is COc1ccc(CN[C@H](C)[C@@H]2CCCO2)cc1F. The van der Waals surface area contributed by atoms with E-state index in [-0.39, 0.29) is 23.7 Å². The van der Waals surface area contributed by atoms with Gasteiger partial charge in [0.1, 0.15) is 0 Å². The lowest BCUT2D eigenvalue weighted by Crippen LogP contribution is -2.36. The van der Waals surface area contributed by atoms with E-state index in [4.69, 9.17) is 9.47 Å². The zero-order valence-corrected chi connectivity index (χ0v) is 10.9. The van der Waals surface area contributed by atoms with Gasteiger partial charge in [-0.1, -0.05) is 6.07 Å². The van der Waals surface area contributed by atoms with Crippen molar-refractivity contribution < 1.29 is 13.9 Å². The van der Waals surface area contributed by atoms with Crippen molar-refractivity contribution in [2.75, 3.05) is 13.7 Å². The molecule has 1 aliphatic rings. The Hall–Kier alpha value is -1.13. The van der Waals surface area contributed by atoms with Gasteiger partial charge in [-0.15, -0.1) is 0 Å². The van der Waals surface area contributed by atoms with Crippen LogP contribution < -0.4 is 10.1 Å². The normalized spacial score (nSPS) is 20.9. The van der Waals surface area contributed by atoms with Crippen molar-refractivity contribution >= 4 is 0 Å². The first-order chi connectivity index (χ1) is 8.70. The van der Waals surface area contributed by atoms with Gasteiger partial charge in [0.15, 0.2) is 11.6 Å². The molecular weight excluding hydrogens is 233 g/mol. The second-order valence-electron chi connectivity index (χ2n) is 4.69. The van der Waals surface area contributed by atoms with E-state index in [0.717, 1.165) is 25.0 Å². The van der Waals surface area contributed by atoms with Crippen LogP contribution in [0.15, 0.2) is 18.2 Å². The lowest BCUT2D eigenvalue weighted by Gasteiger charge is -2.20. The van der Waals surface area contributed by atoms with E-state index in [1.165, 1.54) is 13.2 Å². The van der Waals surface area contributed by atoms with Gasteiger partial charge >= 0.3 is 0 Å². The summed E-state index contributed by atoms with van der Waals surface area (Å²) in [6.07, 6.45) is 2.52. The Kier molecular flexibility index (Phi) is 4.55. The minimum atomic E-state index is -0.318. The standard InChI is InChI=1S/C14H20FNO2/c1-10(13-4-3-7-18-13)16-9-11-5-6-14(17-2)12(15)8-11/h5-6,8,10,13,16H,3-4,7,9H2,1-2H3/t10-,13+/m1/s1. The molecule has 3 nitrogen and oxygen atoms in total. The van der Waals surface area contributed by atoms with Crippen LogP contribution in [-0.4, -0.2) is 25.9 Å². The van der Waals surface area contributed by atoms with Crippen molar-refractivity contribution in [2.45, 2.75) is 38.5 Å². The highest BCUT2D eigenvalue weighted by molar-refractivity contribution is 5.29. The molecule has 1 N–H and O–H groups in total. The van der Waals surface area contributed by atoms with Crippen LogP contribution in [0.25, 0.3) is 0 Å². The predicted octanol–water partition coefficient (Wildman–Crippen LogP) is 2.49. The molecule has 100 valence electrons. The van der Waals surface area contributed by atoms with Gasteiger partial charge in [0, 0.05) is 19.2 Å². The first-order valence-electron chi connectivity index (χ1n) is 6.38. The third kappa shape index (κ3) is 3.21. The van der Waals surface area contributed by atoms with Crippen LogP contribution in [0.4, 0.5) is 4.39 Å². The second-order valence-corrected chi connectivity index (χ2v) is 4.69. The van der Waals surface area contributed by atoms with Crippen LogP contribution in [0.3, 0.4) is 0 Å². The summed E-state index contributed by atoms with van der Waals surface area (Å²) < 4.78 is 24.0. The molecule has 0 unspecified atom stereocenters. The Morgan fingerprint density at radius 3 is 3.00 bits per heavy atom. The Morgan fingerprint density at radius 1 is 1.56 bits per heavy atom. The molecule has 1 aromatic rings. The van der Waals surface area contributed by atoms with Gasteiger partial charge in [-0.05, 0) is 37.5 Å². The number of methoxy groups -OCH3 is 1. The molecule has 0 aromatic heterocycles. The van der Waals surface area contributed by atoms with E-state index in [1.807, 2.05) is 6.07 Å². The first kappa shape index (κ1) is 13.3. The molecule has 0 bridgehead atoms. The fraction of sp³-hybridized carbons (Fsp3) is 0.571. The zero-order valence-electron chi connectivity index (χ0n) is 10.9. The quantitative estimate of drug-likeness (QED) is 0.874. The van der Waals surface area contributed by atoms with Crippen LogP contribution in [0.1, 0.15) is 25.3 Å². The first-order valence-corrected chi connectivity index (χ1v) is 6.38. The van der Waals surface area contributed by atoms with E-state index in [1.54, 1.807) is 6.07 Å². The van der Waals surface area contributed by atoms with Crippen LogP contribution in [0.5, 0.6) is 5.75 Å². The van der Waals surface area contributed by atoms with Crippen molar-refractivity contribution in [2.24, 2.45) is 0 Å². The number of hydrogen-bond donors (Lipinski definition) is 1. The highest BCUT2D eigenvalue weighted by Crippen LogP contribution is 2.19. The predicted molar refractivity (Wildman–Crippen MR) is 68.2 cm³/mol. The van der Waals surface area contributed by atoms with Crippen molar-refractivity contribution in [3.05, 3.63) is 29.6 Å². The van der Waals surface area contributed by atoms with E-state index in [0.29, 0.717) is 6.54 Å². The molecule has 1 aromatic carbocycles. The third-order valence-corrected chi connectivity index (χ3v) is 3.37. The van der Waals surface area contributed by atoms with Crippen molar-refractivity contribution in [1.29, 1.82) is 0 Å². The van der Waals surface area contributed by atoms with E-state index >= 15 is 0 Å². The lowest BCUT2D eigenvalue weighted by molar-refractivity contribution is 0.0832. The maximum Gasteiger partial charge on any atom is 0.165 e. The molecule has 0 radical (unpaired) electrons. The maximum absolute atomic E-state index is 13.5. The largest absolute Gasteiger partial charge is 0.494 e. The van der Waals surface area contributed by atoms with Crippen LogP contribution >= 0.6 is 0 Å². The summed E-state index contributed by atoms with van der Waals surface area (Å²) in [6, 6.07) is 5.33.